The van der Waals surface area contributed by atoms with E-state index in [1.54, 1.807) is 13.0 Å². The first-order valence-corrected chi connectivity index (χ1v) is 5.46. The number of carbonyl (C=O) groups is 1. The molecule has 0 aromatic rings. The minimum absolute atomic E-state index is 0.139. The minimum Gasteiger partial charge on any atom is -0.498 e. The third-order valence-corrected chi connectivity index (χ3v) is 2.66. The van der Waals surface area contributed by atoms with Crippen LogP contribution in [0.5, 0.6) is 0 Å². The molecule has 6 nitrogen and oxygen atoms in total. The first-order chi connectivity index (χ1) is 8.10. The molecule has 0 radical (unpaired) electrons. The molecule has 1 aliphatic rings. The van der Waals surface area contributed by atoms with E-state index in [4.69, 9.17) is 15.0 Å². The van der Waals surface area contributed by atoms with E-state index in [2.05, 4.69) is 4.79 Å². The molecule has 1 aliphatic carbocycles. The number of aliphatic hydroxyl groups is 1. The molecule has 0 fully saturated rings. The van der Waals surface area contributed by atoms with Crippen molar-refractivity contribution in [2.75, 3.05) is 13.7 Å². The van der Waals surface area contributed by atoms with Gasteiger partial charge in [0.1, 0.15) is 5.76 Å². The van der Waals surface area contributed by atoms with Crippen molar-refractivity contribution < 1.29 is 24.2 Å². The molecule has 0 spiro atoms. The molecular formula is C11H16N2O4. The van der Waals surface area contributed by atoms with Crippen LogP contribution in [0.25, 0.3) is 5.53 Å². The summed E-state index contributed by atoms with van der Waals surface area (Å²) in [4.78, 5) is 14.5. The Balaban J connectivity index is 3.09. The van der Waals surface area contributed by atoms with Crippen LogP contribution < -0.4 is 0 Å². The topological polar surface area (TPSA) is 92.2 Å². The molecule has 1 N–H and O–H groups in total. The van der Waals surface area contributed by atoms with E-state index in [-0.39, 0.29) is 18.8 Å². The van der Waals surface area contributed by atoms with Gasteiger partial charge in [0, 0.05) is 0 Å². The van der Waals surface area contributed by atoms with Gasteiger partial charge in [-0.05, 0) is 32.3 Å². The van der Waals surface area contributed by atoms with Crippen LogP contribution in [0.4, 0.5) is 0 Å². The van der Waals surface area contributed by atoms with Crippen molar-refractivity contribution in [2.45, 2.75) is 31.8 Å². The normalized spacial score (nSPS) is 23.4. The van der Waals surface area contributed by atoms with Gasteiger partial charge in [0.15, 0.2) is 0 Å². The fourth-order valence-electron chi connectivity index (χ4n) is 1.86. The summed E-state index contributed by atoms with van der Waals surface area (Å²) < 4.78 is 9.76. The fourth-order valence-corrected chi connectivity index (χ4v) is 1.86. The molecule has 1 atom stereocenters. The maximum atomic E-state index is 11.6. The molecule has 0 saturated carbocycles. The zero-order chi connectivity index (χ0) is 12.9. The van der Waals surface area contributed by atoms with E-state index in [0.29, 0.717) is 6.42 Å². The van der Waals surface area contributed by atoms with E-state index in [1.165, 1.54) is 7.11 Å². The van der Waals surface area contributed by atoms with E-state index >= 15 is 0 Å². The van der Waals surface area contributed by atoms with Crippen molar-refractivity contribution in [1.29, 1.82) is 0 Å². The van der Waals surface area contributed by atoms with Crippen molar-refractivity contribution in [3.05, 3.63) is 17.4 Å². The second-order valence-electron chi connectivity index (χ2n) is 3.69. The Morgan fingerprint density at radius 2 is 2.41 bits per heavy atom. The number of methoxy groups -OCH3 is 1. The smallest absolute Gasteiger partial charge is 0.420 e. The van der Waals surface area contributed by atoms with Crippen LogP contribution in [0.1, 0.15) is 26.2 Å². The molecular weight excluding hydrogens is 224 g/mol. The van der Waals surface area contributed by atoms with Crippen LogP contribution in [-0.2, 0) is 14.3 Å². The van der Waals surface area contributed by atoms with E-state index in [1.807, 2.05) is 0 Å². The molecule has 0 heterocycles. The molecule has 6 heteroatoms. The van der Waals surface area contributed by atoms with Crippen LogP contribution in [0.3, 0.4) is 0 Å². The molecule has 1 rings (SSSR count). The second kappa shape index (κ2) is 5.61. The largest absolute Gasteiger partial charge is 0.498 e. The van der Waals surface area contributed by atoms with Gasteiger partial charge in [0.05, 0.1) is 13.7 Å². The van der Waals surface area contributed by atoms with Gasteiger partial charge >= 0.3 is 11.7 Å². The zero-order valence-electron chi connectivity index (χ0n) is 9.97. The number of rotatable bonds is 4. The van der Waals surface area contributed by atoms with Gasteiger partial charge in [-0.3, -0.25) is 0 Å². The molecule has 0 aromatic heterocycles. The van der Waals surface area contributed by atoms with E-state index in [9.17, 15) is 9.90 Å². The molecule has 0 aromatic carbocycles. The van der Waals surface area contributed by atoms with Crippen LogP contribution in [-0.4, -0.2) is 40.9 Å². The van der Waals surface area contributed by atoms with Crippen LogP contribution in [0, 0.1) is 0 Å². The lowest BCUT2D eigenvalue weighted by atomic mass is 9.84. The number of carbonyl (C=O) groups excluding carboxylic acids is 1. The lowest BCUT2D eigenvalue weighted by Gasteiger charge is -2.27. The molecule has 0 saturated heterocycles. The maximum Gasteiger partial charge on any atom is 0.420 e. The molecule has 0 amide bonds. The summed E-state index contributed by atoms with van der Waals surface area (Å²) in [7, 11) is 1.39. The monoisotopic (exact) mass is 240 g/mol. The predicted octanol–water partition coefficient (Wildman–Crippen LogP) is 0.666. The summed E-state index contributed by atoms with van der Waals surface area (Å²) >= 11 is 0. The van der Waals surface area contributed by atoms with Crippen LogP contribution >= 0.6 is 0 Å². The van der Waals surface area contributed by atoms with Crippen molar-refractivity contribution in [3.63, 3.8) is 0 Å². The Labute approximate surface area is 99.5 Å². The summed E-state index contributed by atoms with van der Waals surface area (Å²) in [5.74, 6) is -0.632. The molecule has 1 unspecified atom stereocenters. The van der Waals surface area contributed by atoms with E-state index in [0.717, 1.165) is 6.42 Å². The summed E-state index contributed by atoms with van der Waals surface area (Å²) in [6.45, 7) is 1.77. The fraction of sp³-hybridized carbons (Fsp3) is 0.636. The summed E-state index contributed by atoms with van der Waals surface area (Å²) in [5, 5.41) is 10.4. The van der Waals surface area contributed by atoms with Gasteiger partial charge in [-0.15, -0.1) is 0 Å². The van der Waals surface area contributed by atoms with Crippen LogP contribution in [0.15, 0.2) is 11.8 Å². The number of hydrogen-bond acceptors (Lipinski definition) is 4. The lowest BCUT2D eigenvalue weighted by molar-refractivity contribution is -0.143. The Bertz CT molecular complexity index is 385. The quantitative estimate of drug-likeness (QED) is 0.338. The number of nitrogens with zero attached hydrogens (tertiary/aromatic N) is 2. The molecule has 0 aliphatic heterocycles. The number of ether oxygens (including phenoxy) is 2. The average Bonchev–Trinajstić information content (AvgIpc) is 2.30. The van der Waals surface area contributed by atoms with Crippen LogP contribution in [0.2, 0.25) is 0 Å². The van der Waals surface area contributed by atoms with Crippen molar-refractivity contribution in [2.24, 2.45) is 0 Å². The Morgan fingerprint density at radius 1 is 1.71 bits per heavy atom. The maximum absolute atomic E-state index is 11.6. The Morgan fingerprint density at radius 3 is 2.94 bits per heavy atom. The summed E-state index contributed by atoms with van der Waals surface area (Å²) in [6.07, 6.45) is 3.34. The highest BCUT2D eigenvalue weighted by Crippen LogP contribution is 2.30. The van der Waals surface area contributed by atoms with Gasteiger partial charge in [-0.25, -0.2) is 4.79 Å². The number of hydrogen-bond donors (Lipinski definition) is 1. The highest BCUT2D eigenvalue weighted by molar-refractivity contribution is 6.37. The minimum atomic E-state index is -1.70. The standard InChI is InChI=1S/C11H16N2O4/c1-3-17-10(14)9(13-12)11(15)7-5-4-6-8(11)16-2/h6,15H,3-5,7H2,1-2H3. The lowest BCUT2D eigenvalue weighted by Crippen LogP contribution is -2.48. The highest BCUT2D eigenvalue weighted by atomic mass is 16.5. The zero-order valence-corrected chi connectivity index (χ0v) is 9.97. The SMILES string of the molecule is CCOC(=O)C(=[N+]=[N-])C1(O)CCCC=C1OC. The molecule has 0 bridgehead atoms. The Kier molecular flexibility index (Phi) is 4.43. The van der Waals surface area contributed by atoms with Gasteiger partial charge < -0.3 is 20.1 Å². The highest BCUT2D eigenvalue weighted by Gasteiger charge is 2.51. The third kappa shape index (κ3) is 2.54. The van der Waals surface area contributed by atoms with Gasteiger partial charge in [-0.1, -0.05) is 0 Å². The number of esters is 1. The van der Waals surface area contributed by atoms with Crippen molar-refractivity contribution in [3.8, 4) is 0 Å². The van der Waals surface area contributed by atoms with Crippen molar-refractivity contribution >= 4 is 11.7 Å². The van der Waals surface area contributed by atoms with Gasteiger partial charge in [0.25, 0.3) is 0 Å². The Hall–Kier alpha value is -1.65. The average molecular weight is 240 g/mol. The summed E-state index contributed by atoms with van der Waals surface area (Å²) in [6, 6.07) is 0. The van der Waals surface area contributed by atoms with Crippen molar-refractivity contribution in [1.82, 2.24) is 0 Å². The van der Waals surface area contributed by atoms with E-state index < -0.39 is 17.3 Å². The first-order valence-electron chi connectivity index (χ1n) is 5.46. The first kappa shape index (κ1) is 13.4. The predicted molar refractivity (Wildman–Crippen MR) is 59.2 cm³/mol. The third-order valence-electron chi connectivity index (χ3n) is 2.66. The second-order valence-corrected chi connectivity index (χ2v) is 3.69. The summed E-state index contributed by atoms with van der Waals surface area (Å²) in [5.41, 5.74) is 6.76. The number of allylic oxidation sites excluding steroid dienone is 1. The van der Waals surface area contributed by atoms with Gasteiger partial charge in [-0.2, -0.15) is 4.79 Å². The molecule has 94 valence electrons. The van der Waals surface area contributed by atoms with Gasteiger partial charge in [0.2, 0.25) is 5.60 Å². The molecule has 17 heavy (non-hydrogen) atoms.